The standard InChI is InChI=1S/C13H18ClN5O/c1-7-12(9(3)18(5)17-7)16-13(20)10(4)19-8(2)11(14)6-15-19/h6,10H,1-5H3,(H,16,20)/t10-/m0/s1. The molecule has 0 aromatic carbocycles. The van der Waals surface area contributed by atoms with Crippen molar-refractivity contribution in [2.24, 2.45) is 7.05 Å². The fourth-order valence-electron chi connectivity index (χ4n) is 2.09. The maximum absolute atomic E-state index is 12.3. The molecule has 20 heavy (non-hydrogen) atoms. The zero-order valence-corrected chi connectivity index (χ0v) is 13.0. The first-order valence-electron chi connectivity index (χ1n) is 6.33. The van der Waals surface area contributed by atoms with Gasteiger partial charge in [-0.25, -0.2) is 0 Å². The van der Waals surface area contributed by atoms with E-state index in [9.17, 15) is 4.79 Å². The van der Waals surface area contributed by atoms with Gasteiger partial charge in [-0.05, 0) is 27.7 Å². The van der Waals surface area contributed by atoms with Crippen molar-refractivity contribution in [2.45, 2.75) is 33.7 Å². The molecule has 0 unspecified atom stereocenters. The first-order chi connectivity index (χ1) is 9.32. The van der Waals surface area contributed by atoms with Crippen LogP contribution in [0.2, 0.25) is 5.02 Å². The quantitative estimate of drug-likeness (QED) is 0.945. The maximum Gasteiger partial charge on any atom is 0.249 e. The molecule has 1 atom stereocenters. The predicted molar refractivity (Wildman–Crippen MR) is 78.0 cm³/mol. The van der Waals surface area contributed by atoms with Gasteiger partial charge < -0.3 is 5.32 Å². The summed E-state index contributed by atoms with van der Waals surface area (Å²) in [5.74, 6) is -0.146. The van der Waals surface area contributed by atoms with Gasteiger partial charge in [-0.2, -0.15) is 10.2 Å². The number of aromatic nitrogens is 4. The lowest BCUT2D eigenvalue weighted by Crippen LogP contribution is -2.25. The Labute approximate surface area is 122 Å². The third-order valence-corrected chi connectivity index (χ3v) is 3.86. The lowest BCUT2D eigenvalue weighted by atomic mass is 10.2. The van der Waals surface area contributed by atoms with Gasteiger partial charge >= 0.3 is 0 Å². The lowest BCUT2D eigenvalue weighted by molar-refractivity contribution is -0.119. The smallest absolute Gasteiger partial charge is 0.249 e. The summed E-state index contributed by atoms with van der Waals surface area (Å²) < 4.78 is 3.35. The van der Waals surface area contributed by atoms with Gasteiger partial charge in [0.15, 0.2) is 0 Å². The Morgan fingerprint density at radius 2 is 2.00 bits per heavy atom. The molecule has 0 aliphatic carbocycles. The van der Waals surface area contributed by atoms with E-state index in [4.69, 9.17) is 11.6 Å². The van der Waals surface area contributed by atoms with E-state index in [-0.39, 0.29) is 5.91 Å². The molecule has 1 amide bonds. The van der Waals surface area contributed by atoms with Crippen molar-refractivity contribution in [3.8, 4) is 0 Å². The van der Waals surface area contributed by atoms with Crippen LogP contribution < -0.4 is 5.32 Å². The van der Waals surface area contributed by atoms with Crippen LogP contribution in [0.25, 0.3) is 0 Å². The molecule has 0 fully saturated rings. The number of nitrogens with zero attached hydrogens (tertiary/aromatic N) is 4. The van der Waals surface area contributed by atoms with E-state index in [2.05, 4.69) is 15.5 Å². The first kappa shape index (κ1) is 14.6. The minimum atomic E-state index is -0.443. The van der Waals surface area contributed by atoms with Gasteiger partial charge in [0.1, 0.15) is 6.04 Å². The summed E-state index contributed by atoms with van der Waals surface area (Å²) in [7, 11) is 1.85. The number of halogens is 1. The van der Waals surface area contributed by atoms with E-state index in [1.807, 2.05) is 27.8 Å². The van der Waals surface area contributed by atoms with Crippen molar-refractivity contribution in [2.75, 3.05) is 5.32 Å². The summed E-state index contributed by atoms with van der Waals surface area (Å²) in [4.78, 5) is 12.3. The number of anilines is 1. The number of rotatable bonds is 3. The molecule has 0 aliphatic rings. The highest BCUT2D eigenvalue weighted by molar-refractivity contribution is 6.31. The van der Waals surface area contributed by atoms with Crippen LogP contribution in [-0.4, -0.2) is 25.5 Å². The molecular weight excluding hydrogens is 278 g/mol. The van der Waals surface area contributed by atoms with E-state index in [1.54, 1.807) is 22.5 Å². The summed E-state index contributed by atoms with van der Waals surface area (Å²) in [5.41, 5.74) is 3.23. The number of nitrogens with one attached hydrogen (secondary N) is 1. The highest BCUT2D eigenvalue weighted by Crippen LogP contribution is 2.22. The molecular formula is C13H18ClN5O. The van der Waals surface area contributed by atoms with Gasteiger partial charge in [0, 0.05) is 7.05 Å². The summed E-state index contributed by atoms with van der Waals surface area (Å²) in [6.45, 7) is 7.39. The third kappa shape index (κ3) is 2.43. The SMILES string of the molecule is Cc1nn(C)c(C)c1NC(=O)[C@H](C)n1ncc(Cl)c1C. The molecule has 0 spiro atoms. The second-order valence-corrected chi connectivity index (χ2v) is 5.26. The fraction of sp³-hybridized carbons (Fsp3) is 0.462. The van der Waals surface area contributed by atoms with Crippen LogP contribution in [0.1, 0.15) is 30.0 Å². The Kier molecular flexibility index (Phi) is 3.85. The molecule has 2 heterocycles. The van der Waals surface area contributed by atoms with Crippen LogP contribution in [0.3, 0.4) is 0 Å². The maximum atomic E-state index is 12.3. The van der Waals surface area contributed by atoms with Crippen molar-refractivity contribution < 1.29 is 4.79 Å². The summed E-state index contributed by atoms with van der Waals surface area (Å²) in [6.07, 6.45) is 1.54. The molecule has 7 heteroatoms. The lowest BCUT2D eigenvalue weighted by Gasteiger charge is -2.14. The van der Waals surface area contributed by atoms with Crippen molar-refractivity contribution >= 4 is 23.2 Å². The predicted octanol–water partition coefficient (Wildman–Crippen LogP) is 2.39. The Hall–Kier alpha value is -1.82. The number of amides is 1. The molecule has 0 saturated carbocycles. The molecule has 2 rings (SSSR count). The summed E-state index contributed by atoms with van der Waals surface area (Å²) in [6, 6.07) is -0.443. The van der Waals surface area contributed by atoms with Crippen LogP contribution in [0, 0.1) is 20.8 Å². The fourth-order valence-corrected chi connectivity index (χ4v) is 2.22. The molecule has 0 saturated heterocycles. The average molecular weight is 296 g/mol. The van der Waals surface area contributed by atoms with Gasteiger partial charge in [0.05, 0.1) is 34.0 Å². The van der Waals surface area contributed by atoms with E-state index in [1.165, 1.54) is 0 Å². The monoisotopic (exact) mass is 295 g/mol. The summed E-state index contributed by atoms with van der Waals surface area (Å²) >= 11 is 5.96. The number of hydrogen-bond acceptors (Lipinski definition) is 3. The number of carbonyl (C=O) groups excluding carboxylic acids is 1. The van der Waals surface area contributed by atoms with Gasteiger partial charge in [-0.1, -0.05) is 11.6 Å². The Bertz CT molecular complexity index is 658. The van der Waals surface area contributed by atoms with Gasteiger partial charge in [-0.15, -0.1) is 0 Å². The zero-order valence-electron chi connectivity index (χ0n) is 12.2. The highest BCUT2D eigenvalue weighted by atomic mass is 35.5. The van der Waals surface area contributed by atoms with Gasteiger partial charge in [0.25, 0.3) is 0 Å². The van der Waals surface area contributed by atoms with Crippen molar-refractivity contribution in [3.63, 3.8) is 0 Å². The normalized spacial score (nSPS) is 12.5. The van der Waals surface area contributed by atoms with Crippen molar-refractivity contribution in [3.05, 3.63) is 28.3 Å². The van der Waals surface area contributed by atoms with E-state index in [0.717, 1.165) is 22.8 Å². The number of aryl methyl sites for hydroxylation is 2. The van der Waals surface area contributed by atoms with Crippen LogP contribution in [0.5, 0.6) is 0 Å². The molecule has 0 bridgehead atoms. The average Bonchev–Trinajstić information content (AvgIpc) is 2.84. The Morgan fingerprint density at radius 1 is 1.35 bits per heavy atom. The molecule has 1 N–H and O–H groups in total. The molecule has 2 aromatic heterocycles. The molecule has 0 aliphatic heterocycles. The van der Waals surface area contributed by atoms with Gasteiger partial charge in [0.2, 0.25) is 5.91 Å². The highest BCUT2D eigenvalue weighted by Gasteiger charge is 2.21. The molecule has 6 nitrogen and oxygen atoms in total. The number of carbonyl (C=O) groups is 1. The summed E-state index contributed by atoms with van der Waals surface area (Å²) in [5, 5.41) is 11.9. The molecule has 108 valence electrons. The van der Waals surface area contributed by atoms with E-state index >= 15 is 0 Å². The number of hydrogen-bond donors (Lipinski definition) is 1. The third-order valence-electron chi connectivity index (χ3n) is 3.49. The van der Waals surface area contributed by atoms with Gasteiger partial charge in [-0.3, -0.25) is 14.2 Å². The molecule has 0 radical (unpaired) electrons. The largest absolute Gasteiger partial charge is 0.321 e. The van der Waals surface area contributed by atoms with E-state index < -0.39 is 6.04 Å². The van der Waals surface area contributed by atoms with Crippen molar-refractivity contribution in [1.29, 1.82) is 0 Å². The van der Waals surface area contributed by atoms with Crippen LogP contribution in [0.4, 0.5) is 5.69 Å². The molecule has 2 aromatic rings. The topological polar surface area (TPSA) is 64.7 Å². The van der Waals surface area contributed by atoms with Crippen LogP contribution in [0.15, 0.2) is 6.20 Å². The van der Waals surface area contributed by atoms with E-state index in [0.29, 0.717) is 5.02 Å². The minimum absolute atomic E-state index is 0.146. The van der Waals surface area contributed by atoms with Crippen molar-refractivity contribution in [1.82, 2.24) is 19.6 Å². The second-order valence-electron chi connectivity index (χ2n) is 4.86. The zero-order chi connectivity index (χ0) is 15.0. The Balaban J connectivity index is 2.22. The Morgan fingerprint density at radius 3 is 2.45 bits per heavy atom. The van der Waals surface area contributed by atoms with Crippen LogP contribution >= 0.6 is 11.6 Å². The first-order valence-corrected chi connectivity index (χ1v) is 6.71. The van der Waals surface area contributed by atoms with Crippen LogP contribution in [-0.2, 0) is 11.8 Å². The minimum Gasteiger partial charge on any atom is -0.321 e. The second kappa shape index (κ2) is 5.28.